The van der Waals surface area contributed by atoms with Gasteiger partial charge in [-0.1, -0.05) is 24.3 Å². The summed E-state index contributed by atoms with van der Waals surface area (Å²) < 4.78 is 35.8. The predicted molar refractivity (Wildman–Crippen MR) is 84.5 cm³/mol. The normalized spacial score (nSPS) is 15.0. The second-order valence-electron chi connectivity index (χ2n) is 4.82. The van der Waals surface area contributed by atoms with E-state index in [9.17, 15) is 8.42 Å². The lowest BCUT2D eigenvalue weighted by atomic mass is 10.2. The smallest absolute Gasteiger partial charge is 0.208 e. The number of sulfone groups is 1. The van der Waals surface area contributed by atoms with E-state index in [-0.39, 0.29) is 22.1 Å². The molecule has 5 nitrogen and oxygen atoms in total. The molecule has 1 heterocycles. The quantitative estimate of drug-likeness (QED) is 0.877. The van der Waals surface area contributed by atoms with Crippen molar-refractivity contribution in [2.24, 2.45) is 0 Å². The van der Waals surface area contributed by atoms with Gasteiger partial charge in [0.05, 0.1) is 17.7 Å². The van der Waals surface area contributed by atoms with Crippen LogP contribution in [0.5, 0.6) is 11.5 Å². The molecule has 0 saturated carbocycles. The summed E-state index contributed by atoms with van der Waals surface area (Å²) in [5.41, 5.74) is 6.64. The topological polar surface area (TPSA) is 78.6 Å². The summed E-state index contributed by atoms with van der Waals surface area (Å²) in [6, 6.07) is 12.1. The number of hydrogen-bond acceptors (Lipinski definition) is 5. The first-order valence-corrected chi connectivity index (χ1v) is 8.12. The van der Waals surface area contributed by atoms with Crippen LogP contribution in [-0.4, -0.2) is 22.1 Å². The second kappa shape index (κ2) is 5.38. The number of para-hydroxylation sites is 2. The van der Waals surface area contributed by atoms with Crippen molar-refractivity contribution < 1.29 is 17.9 Å². The van der Waals surface area contributed by atoms with Gasteiger partial charge in [-0.25, -0.2) is 8.42 Å². The maximum atomic E-state index is 12.5. The molecule has 0 fully saturated rings. The number of nitrogens with two attached hydrogens (primary N) is 1. The van der Waals surface area contributed by atoms with E-state index in [4.69, 9.17) is 15.2 Å². The Kier molecular flexibility index (Phi) is 3.54. The molecule has 0 aliphatic carbocycles. The van der Waals surface area contributed by atoms with E-state index in [1.165, 1.54) is 7.11 Å². The summed E-state index contributed by atoms with van der Waals surface area (Å²) in [4.78, 5) is 0.347. The molecule has 0 radical (unpaired) electrons. The van der Waals surface area contributed by atoms with Crippen molar-refractivity contribution in [3.8, 4) is 11.5 Å². The molecule has 0 amide bonds. The van der Waals surface area contributed by atoms with Crippen molar-refractivity contribution in [2.75, 3.05) is 19.5 Å². The largest absolute Gasteiger partial charge is 0.493 e. The van der Waals surface area contributed by atoms with Crippen molar-refractivity contribution in [1.82, 2.24) is 0 Å². The second-order valence-corrected chi connectivity index (χ2v) is 6.76. The lowest BCUT2D eigenvalue weighted by Crippen LogP contribution is -2.10. The van der Waals surface area contributed by atoms with Gasteiger partial charge < -0.3 is 15.2 Å². The number of ether oxygens (including phenoxy) is 2. The summed E-state index contributed by atoms with van der Waals surface area (Å²) in [5, 5.41) is 0. The van der Waals surface area contributed by atoms with Gasteiger partial charge in [-0.05, 0) is 29.8 Å². The number of fused-ring (bicyclic) bond motifs is 1. The van der Waals surface area contributed by atoms with Crippen molar-refractivity contribution in [1.29, 1.82) is 0 Å². The standard InChI is InChI=1S/C16H15NO4S/c1-20-14-7-2-3-8-15(14)21-10-12-9-11-5-4-6-13(17)16(11)22(12,18)19/h2-9H,10,17H2,1H3. The molecule has 1 aliphatic heterocycles. The van der Waals surface area contributed by atoms with Gasteiger partial charge in [0.15, 0.2) is 11.5 Å². The van der Waals surface area contributed by atoms with E-state index in [1.807, 2.05) is 6.07 Å². The molecule has 0 unspecified atom stereocenters. The molecule has 0 bridgehead atoms. The van der Waals surface area contributed by atoms with Crippen molar-refractivity contribution >= 4 is 21.6 Å². The van der Waals surface area contributed by atoms with Crippen LogP contribution in [0, 0.1) is 0 Å². The third-order valence-electron chi connectivity index (χ3n) is 3.45. The average Bonchev–Trinajstić information content (AvgIpc) is 2.77. The lowest BCUT2D eigenvalue weighted by molar-refractivity contribution is 0.324. The lowest BCUT2D eigenvalue weighted by Gasteiger charge is -2.11. The summed E-state index contributed by atoms with van der Waals surface area (Å²) >= 11 is 0. The Morgan fingerprint density at radius 1 is 1.05 bits per heavy atom. The highest BCUT2D eigenvalue weighted by Crippen LogP contribution is 2.37. The fourth-order valence-corrected chi connectivity index (χ4v) is 3.96. The minimum Gasteiger partial charge on any atom is -0.493 e. The van der Waals surface area contributed by atoms with Crippen LogP contribution in [0.2, 0.25) is 0 Å². The molecule has 2 N–H and O–H groups in total. The van der Waals surface area contributed by atoms with Crippen LogP contribution >= 0.6 is 0 Å². The number of nitrogen functional groups attached to an aromatic ring is 1. The zero-order valence-electron chi connectivity index (χ0n) is 11.9. The van der Waals surface area contributed by atoms with E-state index in [0.29, 0.717) is 17.1 Å². The molecule has 114 valence electrons. The fourth-order valence-electron chi connectivity index (χ4n) is 2.39. The van der Waals surface area contributed by atoms with E-state index in [1.54, 1.807) is 42.5 Å². The summed E-state index contributed by atoms with van der Waals surface area (Å²) in [7, 11) is -2.06. The van der Waals surface area contributed by atoms with Gasteiger partial charge in [0.1, 0.15) is 11.5 Å². The van der Waals surface area contributed by atoms with Crippen LogP contribution in [0.3, 0.4) is 0 Å². The fraction of sp³-hybridized carbons (Fsp3) is 0.125. The molecule has 1 aliphatic rings. The van der Waals surface area contributed by atoms with Crippen molar-refractivity contribution in [3.63, 3.8) is 0 Å². The third kappa shape index (κ3) is 2.31. The molecule has 3 rings (SSSR count). The predicted octanol–water partition coefficient (Wildman–Crippen LogP) is 2.48. The van der Waals surface area contributed by atoms with Crippen LogP contribution in [0.25, 0.3) is 6.08 Å². The molecule has 0 spiro atoms. The minimum atomic E-state index is -3.60. The van der Waals surface area contributed by atoms with Crippen LogP contribution in [0.15, 0.2) is 52.3 Å². The van der Waals surface area contributed by atoms with Crippen LogP contribution in [0.1, 0.15) is 5.56 Å². The molecule has 0 aromatic heterocycles. The number of hydrogen-bond donors (Lipinski definition) is 1. The highest BCUT2D eigenvalue weighted by molar-refractivity contribution is 7.96. The molecule has 0 atom stereocenters. The van der Waals surface area contributed by atoms with Crippen molar-refractivity contribution in [2.45, 2.75) is 4.90 Å². The first-order valence-electron chi connectivity index (χ1n) is 6.64. The summed E-state index contributed by atoms with van der Waals surface area (Å²) in [5.74, 6) is 1.04. The Morgan fingerprint density at radius 2 is 1.77 bits per heavy atom. The maximum Gasteiger partial charge on any atom is 0.208 e. The highest BCUT2D eigenvalue weighted by Gasteiger charge is 2.32. The molecular weight excluding hydrogens is 302 g/mol. The number of methoxy groups -OCH3 is 1. The van der Waals surface area contributed by atoms with E-state index >= 15 is 0 Å². The molecule has 0 saturated heterocycles. The SMILES string of the molecule is COc1ccccc1OCC1=Cc2cccc(N)c2S1(=O)=O. The van der Waals surface area contributed by atoms with Gasteiger partial charge in [0.2, 0.25) is 9.84 Å². The van der Waals surface area contributed by atoms with Gasteiger partial charge >= 0.3 is 0 Å². The Morgan fingerprint density at radius 3 is 2.45 bits per heavy atom. The molecule has 6 heteroatoms. The molecule has 2 aromatic rings. The van der Waals surface area contributed by atoms with E-state index in [0.717, 1.165) is 0 Å². The van der Waals surface area contributed by atoms with Crippen LogP contribution in [0.4, 0.5) is 5.69 Å². The van der Waals surface area contributed by atoms with Crippen molar-refractivity contribution in [3.05, 3.63) is 52.9 Å². The van der Waals surface area contributed by atoms with Gasteiger partial charge in [0, 0.05) is 0 Å². The molecular formula is C16H15NO4S. The monoisotopic (exact) mass is 317 g/mol. The maximum absolute atomic E-state index is 12.5. The van der Waals surface area contributed by atoms with E-state index in [2.05, 4.69) is 0 Å². The number of rotatable bonds is 4. The average molecular weight is 317 g/mol. The Balaban J connectivity index is 1.88. The number of benzene rings is 2. The van der Waals surface area contributed by atoms with Crippen LogP contribution in [-0.2, 0) is 9.84 Å². The Bertz CT molecular complexity index is 856. The zero-order valence-corrected chi connectivity index (χ0v) is 12.8. The Labute approximate surface area is 128 Å². The zero-order chi connectivity index (χ0) is 15.7. The van der Waals surface area contributed by atoms with E-state index < -0.39 is 9.84 Å². The Hall–Kier alpha value is -2.47. The number of anilines is 1. The van der Waals surface area contributed by atoms with Gasteiger partial charge in [-0.3, -0.25) is 0 Å². The van der Waals surface area contributed by atoms with Crippen LogP contribution < -0.4 is 15.2 Å². The summed E-state index contributed by atoms with van der Waals surface area (Å²) in [6.45, 7) is -0.0726. The van der Waals surface area contributed by atoms with Gasteiger partial charge in [0.25, 0.3) is 0 Å². The van der Waals surface area contributed by atoms with Gasteiger partial charge in [-0.2, -0.15) is 0 Å². The van der Waals surface area contributed by atoms with Gasteiger partial charge in [-0.15, -0.1) is 0 Å². The molecule has 2 aromatic carbocycles. The first-order chi connectivity index (χ1) is 10.5. The minimum absolute atomic E-state index is 0.0726. The summed E-state index contributed by atoms with van der Waals surface area (Å²) in [6.07, 6.45) is 1.59. The highest BCUT2D eigenvalue weighted by atomic mass is 32.2. The third-order valence-corrected chi connectivity index (χ3v) is 5.38. The first kappa shape index (κ1) is 14.5. The molecule has 22 heavy (non-hydrogen) atoms.